The zero-order valence-electron chi connectivity index (χ0n) is 13.9. The van der Waals surface area contributed by atoms with Crippen LogP contribution in [0.5, 0.6) is 5.75 Å². The number of ether oxygens (including phenoxy) is 2. The number of amides is 1. The van der Waals surface area contributed by atoms with Crippen molar-refractivity contribution in [2.75, 3.05) is 19.8 Å². The summed E-state index contributed by atoms with van der Waals surface area (Å²) < 4.78 is 11.1. The molecule has 0 saturated carbocycles. The molecule has 0 saturated heterocycles. The van der Waals surface area contributed by atoms with Gasteiger partial charge in [-0.2, -0.15) is 0 Å². The van der Waals surface area contributed by atoms with Gasteiger partial charge in [-0.25, -0.2) is 0 Å². The molecular weight excluding hydrogens is 290 g/mol. The molecule has 4 heteroatoms. The number of carbonyl (C=O) groups is 1. The van der Waals surface area contributed by atoms with Crippen molar-refractivity contribution in [3.05, 3.63) is 42.5 Å². The van der Waals surface area contributed by atoms with Crippen molar-refractivity contribution in [2.24, 2.45) is 0 Å². The minimum Gasteiger partial charge on any atom is -0.481 e. The van der Waals surface area contributed by atoms with E-state index in [9.17, 15) is 4.79 Å². The van der Waals surface area contributed by atoms with Gasteiger partial charge in [-0.05, 0) is 42.7 Å². The molecule has 4 nitrogen and oxygen atoms in total. The van der Waals surface area contributed by atoms with Gasteiger partial charge in [-0.3, -0.25) is 4.79 Å². The summed E-state index contributed by atoms with van der Waals surface area (Å²) in [5, 5.41) is 5.17. The molecule has 0 aliphatic rings. The lowest BCUT2D eigenvalue weighted by Crippen LogP contribution is -2.38. The molecule has 0 bridgehead atoms. The highest BCUT2D eigenvalue weighted by molar-refractivity contribution is 5.84. The SMILES string of the molecule is CCOCCCNC(=O)[C@@H](CC)Oc1ccc2ccccc2c1. The van der Waals surface area contributed by atoms with E-state index in [0.29, 0.717) is 26.2 Å². The molecule has 0 heterocycles. The van der Waals surface area contributed by atoms with Crippen molar-refractivity contribution in [3.8, 4) is 5.75 Å². The minimum absolute atomic E-state index is 0.0721. The Kier molecular flexibility index (Phi) is 6.88. The maximum Gasteiger partial charge on any atom is 0.261 e. The summed E-state index contributed by atoms with van der Waals surface area (Å²) in [6, 6.07) is 14.0. The van der Waals surface area contributed by atoms with Crippen LogP contribution in [0, 0.1) is 0 Å². The van der Waals surface area contributed by atoms with E-state index in [1.165, 1.54) is 0 Å². The maximum absolute atomic E-state index is 12.2. The molecule has 1 amide bonds. The number of benzene rings is 2. The maximum atomic E-state index is 12.2. The van der Waals surface area contributed by atoms with Crippen LogP contribution < -0.4 is 10.1 Å². The first-order chi connectivity index (χ1) is 11.2. The molecule has 0 aliphatic carbocycles. The van der Waals surface area contributed by atoms with Gasteiger partial charge >= 0.3 is 0 Å². The first-order valence-corrected chi connectivity index (χ1v) is 8.25. The fourth-order valence-corrected chi connectivity index (χ4v) is 2.37. The molecule has 0 aromatic heterocycles. The van der Waals surface area contributed by atoms with Crippen LogP contribution in [-0.2, 0) is 9.53 Å². The van der Waals surface area contributed by atoms with Crippen LogP contribution in [0.3, 0.4) is 0 Å². The van der Waals surface area contributed by atoms with Gasteiger partial charge in [0.15, 0.2) is 6.10 Å². The van der Waals surface area contributed by atoms with Crippen LogP contribution >= 0.6 is 0 Å². The fraction of sp³-hybridized carbons (Fsp3) is 0.421. The Morgan fingerprint density at radius 2 is 1.91 bits per heavy atom. The van der Waals surface area contributed by atoms with Gasteiger partial charge in [-0.15, -0.1) is 0 Å². The standard InChI is InChI=1S/C19H25NO3/c1-3-18(19(21)20-12-7-13-22-4-2)23-17-11-10-15-8-5-6-9-16(15)14-17/h5-6,8-11,14,18H,3-4,7,12-13H2,1-2H3,(H,20,21)/t18-/m1/s1. The van der Waals surface area contributed by atoms with Crippen molar-refractivity contribution in [1.82, 2.24) is 5.32 Å². The summed E-state index contributed by atoms with van der Waals surface area (Å²) in [6.45, 7) is 5.89. The van der Waals surface area contributed by atoms with Crippen LogP contribution in [-0.4, -0.2) is 31.8 Å². The molecule has 0 radical (unpaired) electrons. The second-order valence-electron chi connectivity index (χ2n) is 5.37. The van der Waals surface area contributed by atoms with E-state index in [-0.39, 0.29) is 5.91 Å². The number of hydrogen-bond acceptors (Lipinski definition) is 3. The number of hydrogen-bond donors (Lipinski definition) is 1. The lowest BCUT2D eigenvalue weighted by Gasteiger charge is -2.17. The predicted molar refractivity (Wildman–Crippen MR) is 92.8 cm³/mol. The molecule has 124 valence electrons. The molecule has 1 N–H and O–H groups in total. The van der Waals surface area contributed by atoms with Crippen LogP contribution in [0.15, 0.2) is 42.5 Å². The largest absolute Gasteiger partial charge is 0.481 e. The zero-order valence-corrected chi connectivity index (χ0v) is 13.9. The van der Waals surface area contributed by atoms with Gasteiger partial charge in [-0.1, -0.05) is 37.3 Å². The molecule has 0 unspecified atom stereocenters. The molecule has 2 aromatic carbocycles. The first-order valence-electron chi connectivity index (χ1n) is 8.25. The lowest BCUT2D eigenvalue weighted by molar-refractivity contribution is -0.128. The number of nitrogens with one attached hydrogen (secondary N) is 1. The second kappa shape index (κ2) is 9.16. The Bertz CT molecular complexity index is 627. The van der Waals surface area contributed by atoms with Crippen LogP contribution in [0.25, 0.3) is 10.8 Å². The summed E-state index contributed by atoms with van der Waals surface area (Å²) in [5.74, 6) is 0.650. The quantitative estimate of drug-likeness (QED) is 0.720. The fourth-order valence-electron chi connectivity index (χ4n) is 2.37. The van der Waals surface area contributed by atoms with Crippen LogP contribution in [0.2, 0.25) is 0 Å². The third kappa shape index (κ3) is 5.25. The smallest absolute Gasteiger partial charge is 0.261 e. The van der Waals surface area contributed by atoms with E-state index in [1.54, 1.807) is 0 Å². The highest BCUT2D eigenvalue weighted by Gasteiger charge is 2.17. The second-order valence-corrected chi connectivity index (χ2v) is 5.37. The monoisotopic (exact) mass is 315 g/mol. The predicted octanol–water partition coefficient (Wildman–Crippen LogP) is 3.54. The Balaban J connectivity index is 1.90. The van der Waals surface area contributed by atoms with E-state index in [4.69, 9.17) is 9.47 Å². The van der Waals surface area contributed by atoms with Gasteiger partial charge in [0.1, 0.15) is 5.75 Å². The Hall–Kier alpha value is -2.07. The molecule has 0 aliphatic heterocycles. The van der Waals surface area contributed by atoms with E-state index in [1.807, 2.05) is 50.2 Å². The zero-order chi connectivity index (χ0) is 16.5. The number of fused-ring (bicyclic) bond motifs is 1. The van der Waals surface area contributed by atoms with E-state index < -0.39 is 6.10 Å². The summed E-state index contributed by atoms with van der Waals surface area (Å²) in [4.78, 5) is 12.2. The molecule has 23 heavy (non-hydrogen) atoms. The molecule has 1 atom stereocenters. The number of rotatable bonds is 9. The van der Waals surface area contributed by atoms with Gasteiger partial charge in [0.25, 0.3) is 5.91 Å². The highest BCUT2D eigenvalue weighted by Crippen LogP contribution is 2.22. The van der Waals surface area contributed by atoms with Gasteiger partial charge in [0, 0.05) is 19.8 Å². The van der Waals surface area contributed by atoms with Crippen LogP contribution in [0.1, 0.15) is 26.7 Å². The normalized spacial score (nSPS) is 12.1. The minimum atomic E-state index is -0.469. The van der Waals surface area contributed by atoms with Crippen molar-refractivity contribution in [1.29, 1.82) is 0 Å². The van der Waals surface area contributed by atoms with Crippen molar-refractivity contribution in [2.45, 2.75) is 32.8 Å². The lowest BCUT2D eigenvalue weighted by atomic mass is 10.1. The topological polar surface area (TPSA) is 47.6 Å². The van der Waals surface area contributed by atoms with Gasteiger partial charge < -0.3 is 14.8 Å². The summed E-state index contributed by atoms with van der Waals surface area (Å²) in [7, 11) is 0. The van der Waals surface area contributed by atoms with E-state index >= 15 is 0 Å². The number of carbonyl (C=O) groups excluding carboxylic acids is 1. The van der Waals surface area contributed by atoms with Crippen LogP contribution in [0.4, 0.5) is 0 Å². The Labute approximate surface area is 137 Å². The first kappa shape index (κ1) is 17.3. The van der Waals surface area contributed by atoms with E-state index in [0.717, 1.165) is 22.9 Å². The summed E-state index contributed by atoms with van der Waals surface area (Å²) in [5.41, 5.74) is 0. The summed E-state index contributed by atoms with van der Waals surface area (Å²) in [6.07, 6.45) is 0.971. The highest BCUT2D eigenvalue weighted by atomic mass is 16.5. The molecule has 2 aromatic rings. The average molecular weight is 315 g/mol. The van der Waals surface area contributed by atoms with Crippen molar-refractivity contribution in [3.63, 3.8) is 0 Å². The molecule has 2 rings (SSSR count). The molecule has 0 fully saturated rings. The molecule has 0 spiro atoms. The Morgan fingerprint density at radius 3 is 2.65 bits per heavy atom. The molecular formula is C19H25NO3. The average Bonchev–Trinajstić information content (AvgIpc) is 2.59. The van der Waals surface area contributed by atoms with Gasteiger partial charge in [0.2, 0.25) is 0 Å². The summed E-state index contributed by atoms with van der Waals surface area (Å²) >= 11 is 0. The van der Waals surface area contributed by atoms with Crippen molar-refractivity contribution < 1.29 is 14.3 Å². The van der Waals surface area contributed by atoms with E-state index in [2.05, 4.69) is 11.4 Å². The van der Waals surface area contributed by atoms with Crippen molar-refractivity contribution >= 4 is 16.7 Å². The third-order valence-electron chi connectivity index (χ3n) is 3.63. The van der Waals surface area contributed by atoms with Gasteiger partial charge in [0.05, 0.1) is 0 Å². The third-order valence-corrected chi connectivity index (χ3v) is 3.63. The Morgan fingerprint density at radius 1 is 1.13 bits per heavy atom.